The van der Waals surface area contributed by atoms with Crippen LogP contribution in [0.15, 0.2) is 30.3 Å². The van der Waals surface area contributed by atoms with Crippen LogP contribution in [0.25, 0.3) is 0 Å². The van der Waals surface area contributed by atoms with E-state index in [1.54, 1.807) is 11.9 Å². The molecule has 1 aliphatic rings. The molecule has 2 rings (SSSR count). The van der Waals surface area contributed by atoms with E-state index in [0.29, 0.717) is 0 Å². The Labute approximate surface area is 118 Å². The van der Waals surface area contributed by atoms with Crippen molar-refractivity contribution in [2.24, 2.45) is 0 Å². The molecule has 1 N–H and O–H groups in total. The fourth-order valence-corrected chi connectivity index (χ4v) is 2.35. The number of hydrogen-bond donors (Lipinski definition) is 1. The quantitative estimate of drug-likeness (QED) is 0.899. The first-order valence-corrected chi connectivity index (χ1v) is 6.73. The monoisotopic (exact) mass is 276 g/mol. The number of hydrogen-bond acceptors (Lipinski definition) is 3. The molecule has 0 bridgehead atoms. The molecule has 0 aromatic heterocycles. The van der Waals surface area contributed by atoms with Crippen LogP contribution in [-0.4, -0.2) is 42.5 Å². The van der Waals surface area contributed by atoms with E-state index in [0.717, 1.165) is 5.56 Å². The number of likely N-dealkylation sites (N-methyl/N-ethyl adjacent to an activating group) is 1. The van der Waals surface area contributed by atoms with Crippen LogP contribution in [0.2, 0.25) is 0 Å². The molecule has 1 aliphatic heterocycles. The molecule has 1 saturated heterocycles. The van der Waals surface area contributed by atoms with Crippen LogP contribution in [-0.2, 0) is 14.3 Å². The highest BCUT2D eigenvalue weighted by atomic mass is 16.5. The summed E-state index contributed by atoms with van der Waals surface area (Å²) in [6, 6.07) is 9.12. The van der Waals surface area contributed by atoms with Crippen LogP contribution < -0.4 is 5.32 Å². The van der Waals surface area contributed by atoms with Crippen molar-refractivity contribution in [1.82, 2.24) is 10.2 Å². The van der Waals surface area contributed by atoms with Crippen molar-refractivity contribution in [1.29, 1.82) is 0 Å². The molecule has 2 amide bonds. The number of carbonyl (C=O) groups excluding carboxylic acids is 2. The average Bonchev–Trinajstić information content (AvgIpc) is 2.41. The minimum atomic E-state index is -0.678. The second-order valence-electron chi connectivity index (χ2n) is 5.26. The van der Waals surface area contributed by atoms with Gasteiger partial charge in [0.25, 0.3) is 5.91 Å². The van der Waals surface area contributed by atoms with Crippen molar-refractivity contribution in [2.75, 3.05) is 13.7 Å². The van der Waals surface area contributed by atoms with Crippen LogP contribution in [0.3, 0.4) is 0 Å². The minimum Gasteiger partial charge on any atom is -0.356 e. The van der Waals surface area contributed by atoms with Crippen LogP contribution in [0, 0.1) is 0 Å². The van der Waals surface area contributed by atoms with Crippen LogP contribution in [0.4, 0.5) is 0 Å². The van der Waals surface area contributed by atoms with Gasteiger partial charge in [-0.1, -0.05) is 30.3 Å². The number of amides is 2. The van der Waals surface area contributed by atoms with Crippen molar-refractivity contribution in [2.45, 2.75) is 32.0 Å². The van der Waals surface area contributed by atoms with Gasteiger partial charge in [0, 0.05) is 13.1 Å². The van der Waals surface area contributed by atoms with Crippen LogP contribution >= 0.6 is 0 Å². The molecule has 1 aromatic carbocycles. The second-order valence-corrected chi connectivity index (χ2v) is 5.26. The Balaban J connectivity index is 2.29. The Kier molecular flexibility index (Phi) is 4.39. The van der Waals surface area contributed by atoms with Gasteiger partial charge in [-0.3, -0.25) is 9.59 Å². The maximum Gasteiger partial charge on any atom is 0.251 e. The molecule has 5 nitrogen and oxygen atoms in total. The first-order valence-electron chi connectivity index (χ1n) is 6.73. The Morgan fingerprint density at radius 1 is 1.35 bits per heavy atom. The lowest BCUT2D eigenvalue weighted by Gasteiger charge is -2.38. The van der Waals surface area contributed by atoms with E-state index in [1.807, 2.05) is 44.2 Å². The number of ether oxygens (including phenoxy) is 1. The third kappa shape index (κ3) is 2.99. The van der Waals surface area contributed by atoms with Crippen molar-refractivity contribution < 1.29 is 14.3 Å². The van der Waals surface area contributed by atoms with E-state index >= 15 is 0 Å². The Hall–Kier alpha value is -1.88. The molecule has 1 heterocycles. The maximum atomic E-state index is 12.3. The fraction of sp³-hybridized carbons (Fsp3) is 0.467. The summed E-state index contributed by atoms with van der Waals surface area (Å²) >= 11 is 0. The number of carbonyl (C=O) groups is 2. The largest absolute Gasteiger partial charge is 0.356 e. The topological polar surface area (TPSA) is 58.6 Å². The summed E-state index contributed by atoms with van der Waals surface area (Å²) in [6.07, 6.45) is -0.678. The van der Waals surface area contributed by atoms with Gasteiger partial charge in [0.15, 0.2) is 6.10 Å². The van der Waals surface area contributed by atoms with Crippen LogP contribution in [0.5, 0.6) is 0 Å². The Bertz CT molecular complexity index is 487. The number of rotatable bonds is 3. The molecule has 0 aliphatic carbocycles. The third-order valence-corrected chi connectivity index (χ3v) is 3.31. The predicted octanol–water partition coefficient (Wildman–Crippen LogP) is 1.11. The van der Waals surface area contributed by atoms with E-state index in [-0.39, 0.29) is 24.5 Å². The van der Waals surface area contributed by atoms with Gasteiger partial charge in [-0.25, -0.2) is 0 Å². The van der Waals surface area contributed by atoms with Gasteiger partial charge in [0.2, 0.25) is 5.91 Å². The molecule has 0 spiro atoms. The molecule has 5 heteroatoms. The number of morpholine rings is 1. The highest BCUT2D eigenvalue weighted by Crippen LogP contribution is 2.29. The normalized spacial score (nSPS) is 23.0. The molecule has 1 fully saturated rings. The van der Waals surface area contributed by atoms with E-state index in [2.05, 4.69) is 5.32 Å². The standard InChI is InChI=1S/C15H20N2O3/c1-10(2)16-15(19)14-13(11-7-5-4-6-8-11)17(3)12(18)9-20-14/h4-8,10,13-14H,9H2,1-3H3,(H,16,19)/t13-,14-/m0/s1. The Morgan fingerprint density at radius 2 is 2.00 bits per heavy atom. The summed E-state index contributed by atoms with van der Waals surface area (Å²) in [7, 11) is 1.71. The maximum absolute atomic E-state index is 12.3. The van der Waals surface area contributed by atoms with Gasteiger partial charge in [-0.05, 0) is 19.4 Å². The molecule has 0 saturated carbocycles. The first kappa shape index (κ1) is 14.5. The van der Waals surface area contributed by atoms with Gasteiger partial charge < -0.3 is 15.0 Å². The van der Waals surface area contributed by atoms with Crippen molar-refractivity contribution in [3.8, 4) is 0 Å². The van der Waals surface area contributed by atoms with Gasteiger partial charge >= 0.3 is 0 Å². The summed E-state index contributed by atoms with van der Waals surface area (Å²) in [5, 5.41) is 2.85. The summed E-state index contributed by atoms with van der Waals surface area (Å²) < 4.78 is 5.49. The highest BCUT2D eigenvalue weighted by Gasteiger charge is 2.39. The fourth-order valence-electron chi connectivity index (χ4n) is 2.35. The summed E-state index contributed by atoms with van der Waals surface area (Å²) in [4.78, 5) is 25.7. The van der Waals surface area contributed by atoms with Gasteiger partial charge in [0.1, 0.15) is 6.61 Å². The van der Waals surface area contributed by atoms with Crippen molar-refractivity contribution in [3.05, 3.63) is 35.9 Å². The molecule has 108 valence electrons. The average molecular weight is 276 g/mol. The summed E-state index contributed by atoms with van der Waals surface area (Å²) in [5.74, 6) is -0.305. The van der Waals surface area contributed by atoms with E-state index in [1.165, 1.54) is 0 Å². The molecular formula is C15H20N2O3. The number of nitrogens with one attached hydrogen (secondary N) is 1. The smallest absolute Gasteiger partial charge is 0.251 e. The second kappa shape index (κ2) is 6.05. The van der Waals surface area contributed by atoms with E-state index < -0.39 is 12.1 Å². The molecule has 20 heavy (non-hydrogen) atoms. The minimum absolute atomic E-state index is 0.0328. The summed E-state index contributed by atoms with van der Waals surface area (Å²) in [5.41, 5.74) is 0.895. The van der Waals surface area contributed by atoms with Gasteiger partial charge in [0.05, 0.1) is 6.04 Å². The molecular weight excluding hydrogens is 256 g/mol. The Morgan fingerprint density at radius 3 is 2.60 bits per heavy atom. The molecule has 2 atom stereocenters. The number of nitrogens with zero attached hydrogens (tertiary/aromatic N) is 1. The van der Waals surface area contributed by atoms with Crippen LogP contribution in [0.1, 0.15) is 25.5 Å². The zero-order valence-corrected chi connectivity index (χ0v) is 12.0. The zero-order chi connectivity index (χ0) is 14.7. The van der Waals surface area contributed by atoms with Gasteiger partial charge in [-0.15, -0.1) is 0 Å². The van der Waals surface area contributed by atoms with Crippen molar-refractivity contribution >= 4 is 11.8 Å². The van der Waals surface area contributed by atoms with Gasteiger partial charge in [-0.2, -0.15) is 0 Å². The summed E-state index contributed by atoms with van der Waals surface area (Å²) in [6.45, 7) is 3.73. The lowest BCUT2D eigenvalue weighted by molar-refractivity contribution is -0.162. The van der Waals surface area contributed by atoms with E-state index in [4.69, 9.17) is 4.74 Å². The molecule has 0 unspecified atom stereocenters. The highest BCUT2D eigenvalue weighted by molar-refractivity contribution is 5.86. The SMILES string of the molecule is CC(C)NC(=O)[C@H]1OCC(=O)N(C)[C@H]1c1ccccc1. The third-order valence-electron chi connectivity index (χ3n) is 3.31. The number of benzene rings is 1. The molecule has 1 aromatic rings. The van der Waals surface area contributed by atoms with Crippen molar-refractivity contribution in [3.63, 3.8) is 0 Å². The predicted molar refractivity (Wildman–Crippen MR) is 75.0 cm³/mol. The van der Waals surface area contributed by atoms with E-state index in [9.17, 15) is 9.59 Å². The lowest BCUT2D eigenvalue weighted by atomic mass is 9.97. The lowest BCUT2D eigenvalue weighted by Crippen LogP contribution is -2.53. The zero-order valence-electron chi connectivity index (χ0n) is 12.0. The molecule has 0 radical (unpaired) electrons. The first-order chi connectivity index (χ1) is 9.50.